The van der Waals surface area contributed by atoms with Gasteiger partial charge in [-0.15, -0.1) is 0 Å². The second-order valence-corrected chi connectivity index (χ2v) is 6.14. The minimum atomic E-state index is -0.0827. The van der Waals surface area contributed by atoms with E-state index >= 15 is 0 Å². The zero-order chi connectivity index (χ0) is 16.4. The normalized spacial score (nSPS) is 17.0. The molecule has 0 saturated heterocycles. The first-order valence-electron chi connectivity index (χ1n) is 7.97. The lowest BCUT2D eigenvalue weighted by Gasteiger charge is -2.39. The molecule has 1 N–H and O–H groups in total. The van der Waals surface area contributed by atoms with Crippen LogP contribution in [0.4, 0.5) is 10.5 Å². The maximum atomic E-state index is 12.8. The van der Waals surface area contributed by atoms with Crippen molar-refractivity contribution in [3.05, 3.63) is 48.3 Å². The number of methoxy groups -OCH3 is 1. The first-order valence-corrected chi connectivity index (χ1v) is 7.97. The molecule has 2 aromatic rings. The van der Waals surface area contributed by atoms with E-state index in [4.69, 9.17) is 4.74 Å². The number of nitrogens with one attached hydrogen (secondary N) is 1. The number of anilines is 1. The SMILES string of the molecule is COc1ccccc1NC(=O)N1CCn2cccc2[C@@H]1C(C)C. The zero-order valence-corrected chi connectivity index (χ0v) is 13.8. The Bertz CT molecular complexity index is 693. The van der Waals surface area contributed by atoms with Crippen LogP contribution in [-0.2, 0) is 6.54 Å². The first kappa shape index (κ1) is 15.5. The van der Waals surface area contributed by atoms with Gasteiger partial charge >= 0.3 is 6.03 Å². The lowest BCUT2D eigenvalue weighted by atomic mass is 9.97. The lowest BCUT2D eigenvalue weighted by Crippen LogP contribution is -2.45. The summed E-state index contributed by atoms with van der Waals surface area (Å²) in [6, 6.07) is 11.6. The molecule has 0 unspecified atom stereocenters. The molecule has 1 aliphatic heterocycles. The van der Waals surface area contributed by atoms with Crippen LogP contribution in [0, 0.1) is 5.92 Å². The van der Waals surface area contributed by atoms with Crippen LogP contribution < -0.4 is 10.1 Å². The summed E-state index contributed by atoms with van der Waals surface area (Å²) in [5, 5.41) is 2.99. The van der Waals surface area contributed by atoms with Gasteiger partial charge in [0.1, 0.15) is 5.75 Å². The number of hydrogen-bond acceptors (Lipinski definition) is 2. The predicted octanol–water partition coefficient (Wildman–Crippen LogP) is 3.74. The molecular formula is C18H23N3O2. The van der Waals surface area contributed by atoms with E-state index in [1.807, 2.05) is 35.2 Å². The Hall–Kier alpha value is -2.43. The van der Waals surface area contributed by atoms with Crippen LogP contribution in [0.15, 0.2) is 42.6 Å². The molecule has 5 nitrogen and oxygen atoms in total. The van der Waals surface area contributed by atoms with Crippen molar-refractivity contribution >= 4 is 11.7 Å². The molecule has 1 aromatic heterocycles. The van der Waals surface area contributed by atoms with Crippen molar-refractivity contribution in [2.24, 2.45) is 5.92 Å². The molecule has 0 radical (unpaired) electrons. The minimum absolute atomic E-state index is 0.0773. The van der Waals surface area contributed by atoms with Gasteiger partial charge in [-0.05, 0) is 30.2 Å². The van der Waals surface area contributed by atoms with Gasteiger partial charge in [-0.1, -0.05) is 26.0 Å². The lowest BCUT2D eigenvalue weighted by molar-refractivity contribution is 0.144. The van der Waals surface area contributed by atoms with Crippen molar-refractivity contribution in [2.45, 2.75) is 26.4 Å². The Balaban J connectivity index is 1.84. The van der Waals surface area contributed by atoms with Crippen molar-refractivity contribution in [1.29, 1.82) is 0 Å². The number of nitrogens with zero attached hydrogens (tertiary/aromatic N) is 2. The van der Waals surface area contributed by atoms with Gasteiger partial charge in [0, 0.05) is 25.0 Å². The summed E-state index contributed by atoms with van der Waals surface area (Å²) in [4.78, 5) is 14.8. The van der Waals surface area contributed by atoms with Crippen LogP contribution in [0.1, 0.15) is 25.6 Å². The highest BCUT2D eigenvalue weighted by atomic mass is 16.5. The van der Waals surface area contributed by atoms with Gasteiger partial charge in [-0.2, -0.15) is 0 Å². The Morgan fingerprint density at radius 2 is 2.00 bits per heavy atom. The number of benzene rings is 1. The topological polar surface area (TPSA) is 46.5 Å². The molecule has 2 heterocycles. The number of aromatic nitrogens is 1. The number of para-hydroxylation sites is 2. The molecule has 3 rings (SSSR count). The van der Waals surface area contributed by atoms with Gasteiger partial charge in [-0.25, -0.2) is 4.79 Å². The van der Waals surface area contributed by atoms with Gasteiger partial charge in [-0.3, -0.25) is 0 Å². The number of rotatable bonds is 3. The summed E-state index contributed by atoms with van der Waals surface area (Å²) in [5.74, 6) is 1.01. The second-order valence-electron chi connectivity index (χ2n) is 6.14. The highest BCUT2D eigenvalue weighted by molar-refractivity contribution is 5.91. The average Bonchev–Trinajstić information content (AvgIpc) is 3.02. The van der Waals surface area contributed by atoms with E-state index in [9.17, 15) is 4.79 Å². The van der Waals surface area contributed by atoms with Gasteiger partial charge in [0.25, 0.3) is 0 Å². The van der Waals surface area contributed by atoms with Gasteiger partial charge < -0.3 is 19.5 Å². The van der Waals surface area contributed by atoms with E-state index in [0.29, 0.717) is 23.9 Å². The highest BCUT2D eigenvalue weighted by Crippen LogP contribution is 2.33. The fourth-order valence-corrected chi connectivity index (χ4v) is 3.28. The summed E-state index contributed by atoms with van der Waals surface area (Å²) in [7, 11) is 1.61. The minimum Gasteiger partial charge on any atom is -0.495 e. The van der Waals surface area contributed by atoms with Crippen molar-refractivity contribution in [1.82, 2.24) is 9.47 Å². The first-order chi connectivity index (χ1) is 11.1. The third-order valence-corrected chi connectivity index (χ3v) is 4.33. The largest absolute Gasteiger partial charge is 0.495 e. The second kappa shape index (κ2) is 6.36. The van der Waals surface area contributed by atoms with Crippen LogP contribution in [0.25, 0.3) is 0 Å². The van der Waals surface area contributed by atoms with Crippen molar-refractivity contribution in [2.75, 3.05) is 19.0 Å². The third-order valence-electron chi connectivity index (χ3n) is 4.33. The van der Waals surface area contributed by atoms with Crippen molar-refractivity contribution in [3.8, 4) is 5.75 Å². The molecule has 2 amide bonds. The number of urea groups is 1. The number of ether oxygens (including phenoxy) is 1. The monoisotopic (exact) mass is 313 g/mol. The van der Waals surface area contributed by atoms with Gasteiger partial charge in [0.15, 0.2) is 0 Å². The molecule has 122 valence electrons. The van der Waals surface area contributed by atoms with Gasteiger partial charge in [0.05, 0.1) is 18.8 Å². The highest BCUT2D eigenvalue weighted by Gasteiger charge is 2.33. The van der Waals surface area contributed by atoms with Crippen LogP contribution in [0.5, 0.6) is 5.75 Å². The zero-order valence-electron chi connectivity index (χ0n) is 13.8. The molecule has 0 aliphatic carbocycles. The molecule has 0 bridgehead atoms. The maximum absolute atomic E-state index is 12.8. The Kier molecular flexibility index (Phi) is 4.28. The molecule has 0 saturated carbocycles. The number of hydrogen-bond donors (Lipinski definition) is 1. The van der Waals surface area contributed by atoms with E-state index in [2.05, 4.69) is 36.0 Å². The van der Waals surface area contributed by atoms with E-state index in [1.165, 1.54) is 5.69 Å². The van der Waals surface area contributed by atoms with Crippen LogP contribution >= 0.6 is 0 Å². The maximum Gasteiger partial charge on any atom is 0.322 e. The summed E-state index contributed by atoms with van der Waals surface area (Å²) in [6.45, 7) is 5.82. The average molecular weight is 313 g/mol. The molecule has 0 spiro atoms. The molecule has 23 heavy (non-hydrogen) atoms. The van der Waals surface area contributed by atoms with E-state index in [0.717, 1.165) is 6.54 Å². The van der Waals surface area contributed by atoms with Crippen LogP contribution in [0.2, 0.25) is 0 Å². The summed E-state index contributed by atoms with van der Waals surface area (Å²) < 4.78 is 7.55. The Morgan fingerprint density at radius 3 is 2.74 bits per heavy atom. The smallest absolute Gasteiger partial charge is 0.322 e. The van der Waals surface area contributed by atoms with Gasteiger partial charge in [0.2, 0.25) is 0 Å². The Labute approximate surface area is 136 Å². The molecule has 1 aliphatic rings. The third kappa shape index (κ3) is 2.91. The number of carbonyl (C=O) groups is 1. The number of amides is 2. The Morgan fingerprint density at radius 1 is 1.22 bits per heavy atom. The molecule has 5 heteroatoms. The van der Waals surface area contributed by atoms with Crippen molar-refractivity contribution < 1.29 is 9.53 Å². The molecule has 1 aromatic carbocycles. The van der Waals surface area contributed by atoms with Crippen LogP contribution in [0.3, 0.4) is 0 Å². The predicted molar refractivity (Wildman–Crippen MR) is 90.7 cm³/mol. The standard InChI is InChI=1S/C18H23N3O2/c1-13(2)17-15-8-6-10-20(15)11-12-21(17)18(22)19-14-7-4-5-9-16(14)23-3/h4-10,13,17H,11-12H2,1-3H3,(H,19,22)/t17-/m0/s1. The number of carbonyl (C=O) groups excluding carboxylic acids is 1. The fourth-order valence-electron chi connectivity index (χ4n) is 3.28. The fraction of sp³-hybridized carbons (Fsp3) is 0.389. The van der Waals surface area contributed by atoms with Crippen molar-refractivity contribution in [3.63, 3.8) is 0 Å². The molecular weight excluding hydrogens is 290 g/mol. The van der Waals surface area contributed by atoms with E-state index in [1.54, 1.807) is 7.11 Å². The summed E-state index contributed by atoms with van der Waals surface area (Å²) in [5.41, 5.74) is 1.89. The van der Waals surface area contributed by atoms with E-state index in [-0.39, 0.29) is 12.1 Å². The number of fused-ring (bicyclic) bond motifs is 1. The molecule has 1 atom stereocenters. The van der Waals surface area contributed by atoms with E-state index < -0.39 is 0 Å². The quantitative estimate of drug-likeness (QED) is 0.938. The molecule has 0 fully saturated rings. The van der Waals surface area contributed by atoms with Crippen LogP contribution in [-0.4, -0.2) is 29.2 Å². The summed E-state index contributed by atoms with van der Waals surface area (Å²) in [6.07, 6.45) is 2.08. The summed E-state index contributed by atoms with van der Waals surface area (Å²) >= 11 is 0.